The lowest BCUT2D eigenvalue weighted by Crippen LogP contribution is -2.45. The minimum absolute atomic E-state index is 0.860. The summed E-state index contributed by atoms with van der Waals surface area (Å²) in [5.41, 5.74) is 1.52. The number of aryl methyl sites for hydroxylation is 2. The van der Waals surface area contributed by atoms with Crippen LogP contribution in [0.2, 0.25) is 0 Å². The van der Waals surface area contributed by atoms with Gasteiger partial charge in [-0.15, -0.1) is 11.3 Å². The van der Waals surface area contributed by atoms with Gasteiger partial charge in [-0.1, -0.05) is 36.9 Å². The first-order valence-corrected chi connectivity index (χ1v) is 11.9. The van der Waals surface area contributed by atoms with E-state index in [1.165, 1.54) is 44.8 Å². The van der Waals surface area contributed by atoms with Crippen LogP contribution in [0, 0.1) is 0 Å². The summed E-state index contributed by atoms with van der Waals surface area (Å²) in [5, 5.41) is 2.48. The number of hydrogen-bond donors (Lipinski definition) is 0. The standard InChI is InChI=1S/C22H26N4S2/c1-2-25-11-13-26(14-12-25)15-19-23-21(27-16-7-4-3-5-8-16)20-17-9-6-10-18(17)28-22(20)24-19/h3-5,7-8H,2,6,9-15H2,1H3. The molecular weight excluding hydrogens is 384 g/mol. The first-order chi connectivity index (χ1) is 13.8. The fraction of sp³-hybridized carbons (Fsp3) is 0.455. The zero-order valence-electron chi connectivity index (χ0n) is 16.4. The van der Waals surface area contributed by atoms with Crippen molar-refractivity contribution in [2.75, 3.05) is 32.7 Å². The molecule has 1 aliphatic carbocycles. The molecule has 3 heterocycles. The molecule has 0 spiro atoms. The molecule has 1 fully saturated rings. The maximum absolute atomic E-state index is 5.08. The van der Waals surface area contributed by atoms with Crippen molar-refractivity contribution in [2.24, 2.45) is 0 Å². The zero-order valence-corrected chi connectivity index (χ0v) is 18.0. The Morgan fingerprint density at radius 1 is 1.00 bits per heavy atom. The fourth-order valence-electron chi connectivity index (χ4n) is 4.21. The lowest BCUT2D eigenvalue weighted by molar-refractivity contribution is 0.129. The van der Waals surface area contributed by atoms with Crippen molar-refractivity contribution in [3.8, 4) is 0 Å². The highest BCUT2D eigenvalue weighted by molar-refractivity contribution is 7.99. The highest BCUT2D eigenvalue weighted by Gasteiger charge is 2.24. The van der Waals surface area contributed by atoms with Crippen molar-refractivity contribution in [3.63, 3.8) is 0 Å². The van der Waals surface area contributed by atoms with Crippen molar-refractivity contribution in [3.05, 3.63) is 46.6 Å². The summed E-state index contributed by atoms with van der Waals surface area (Å²) in [6.07, 6.45) is 3.66. The molecule has 146 valence electrons. The van der Waals surface area contributed by atoms with E-state index < -0.39 is 0 Å². The van der Waals surface area contributed by atoms with Gasteiger partial charge in [-0.25, -0.2) is 9.97 Å². The molecule has 6 heteroatoms. The van der Waals surface area contributed by atoms with Crippen LogP contribution in [0.3, 0.4) is 0 Å². The lowest BCUT2D eigenvalue weighted by atomic mass is 10.2. The Bertz CT molecular complexity index is 962. The molecule has 3 aromatic rings. The Hall–Kier alpha value is -1.47. The third kappa shape index (κ3) is 3.71. The molecule has 28 heavy (non-hydrogen) atoms. The molecule has 1 aliphatic heterocycles. The smallest absolute Gasteiger partial charge is 0.145 e. The third-order valence-electron chi connectivity index (χ3n) is 5.81. The highest BCUT2D eigenvalue weighted by atomic mass is 32.2. The van der Waals surface area contributed by atoms with E-state index in [2.05, 4.69) is 47.1 Å². The Kier molecular flexibility index (Phi) is 5.37. The molecule has 2 aliphatic rings. The van der Waals surface area contributed by atoms with Crippen LogP contribution < -0.4 is 0 Å². The van der Waals surface area contributed by atoms with Crippen LogP contribution >= 0.6 is 23.1 Å². The van der Waals surface area contributed by atoms with Crippen molar-refractivity contribution in [1.29, 1.82) is 0 Å². The first kappa shape index (κ1) is 18.6. The molecule has 4 nitrogen and oxygen atoms in total. The van der Waals surface area contributed by atoms with Gasteiger partial charge < -0.3 is 4.90 Å². The monoisotopic (exact) mass is 410 g/mol. The minimum Gasteiger partial charge on any atom is -0.301 e. The molecule has 0 saturated carbocycles. The predicted octanol–water partition coefficient (Wildman–Crippen LogP) is 4.47. The molecule has 0 unspecified atom stereocenters. The molecule has 0 N–H and O–H groups in total. The molecule has 0 amide bonds. The van der Waals surface area contributed by atoms with E-state index in [1.54, 1.807) is 11.8 Å². The molecule has 1 aromatic carbocycles. The quantitative estimate of drug-likeness (QED) is 0.580. The summed E-state index contributed by atoms with van der Waals surface area (Å²) in [5.74, 6) is 0.982. The number of thiophene rings is 1. The van der Waals surface area contributed by atoms with Gasteiger partial charge in [0.05, 0.1) is 6.54 Å². The van der Waals surface area contributed by atoms with Crippen LogP contribution in [0.5, 0.6) is 0 Å². The molecule has 0 atom stereocenters. The van der Waals surface area contributed by atoms with Gasteiger partial charge in [0.1, 0.15) is 15.7 Å². The van der Waals surface area contributed by atoms with E-state index in [1.807, 2.05) is 11.3 Å². The van der Waals surface area contributed by atoms with E-state index in [4.69, 9.17) is 9.97 Å². The maximum Gasteiger partial charge on any atom is 0.145 e. The van der Waals surface area contributed by atoms with Crippen molar-refractivity contribution in [1.82, 2.24) is 19.8 Å². The topological polar surface area (TPSA) is 32.3 Å². The summed E-state index contributed by atoms with van der Waals surface area (Å²) in [6.45, 7) is 8.77. The van der Waals surface area contributed by atoms with Crippen molar-refractivity contribution >= 4 is 33.3 Å². The second-order valence-electron chi connectivity index (χ2n) is 7.61. The number of fused-ring (bicyclic) bond motifs is 3. The molecular formula is C22H26N4S2. The maximum atomic E-state index is 5.08. The van der Waals surface area contributed by atoms with E-state index in [0.717, 1.165) is 50.1 Å². The Labute approximate surface area is 175 Å². The van der Waals surface area contributed by atoms with Crippen LogP contribution in [0.1, 0.15) is 29.6 Å². The number of piperazine rings is 1. The summed E-state index contributed by atoms with van der Waals surface area (Å²) in [6, 6.07) is 10.6. The van der Waals surface area contributed by atoms with E-state index in [0.29, 0.717) is 0 Å². The Morgan fingerprint density at radius 2 is 1.79 bits per heavy atom. The van der Waals surface area contributed by atoms with E-state index in [-0.39, 0.29) is 0 Å². The SMILES string of the molecule is CCN1CCN(Cc2nc(Sc3ccccc3)c3c4c(sc3n2)CCC4)CC1. The average Bonchev–Trinajstić information content (AvgIpc) is 3.30. The number of rotatable bonds is 5. The molecule has 1 saturated heterocycles. The molecule has 5 rings (SSSR count). The van der Waals surface area contributed by atoms with Crippen molar-refractivity contribution < 1.29 is 0 Å². The predicted molar refractivity (Wildman–Crippen MR) is 117 cm³/mol. The van der Waals surface area contributed by atoms with Crippen molar-refractivity contribution in [2.45, 2.75) is 42.7 Å². The number of benzene rings is 1. The van der Waals surface area contributed by atoms with Crippen LogP contribution in [0.25, 0.3) is 10.2 Å². The Morgan fingerprint density at radius 3 is 2.57 bits per heavy atom. The Balaban J connectivity index is 1.47. The van der Waals surface area contributed by atoms with Gasteiger partial charge in [-0.2, -0.15) is 0 Å². The summed E-state index contributed by atoms with van der Waals surface area (Å²) >= 11 is 3.70. The summed E-state index contributed by atoms with van der Waals surface area (Å²) in [7, 11) is 0. The second-order valence-corrected chi connectivity index (χ2v) is 9.75. The van der Waals surface area contributed by atoms with E-state index in [9.17, 15) is 0 Å². The average molecular weight is 411 g/mol. The number of hydrogen-bond acceptors (Lipinski definition) is 6. The van der Waals surface area contributed by atoms with Crippen LogP contribution in [0.15, 0.2) is 40.3 Å². The van der Waals surface area contributed by atoms with Gasteiger partial charge in [-0.3, -0.25) is 4.90 Å². The first-order valence-electron chi connectivity index (χ1n) is 10.3. The van der Waals surface area contributed by atoms with Gasteiger partial charge in [0.15, 0.2) is 0 Å². The number of likely N-dealkylation sites (N-methyl/N-ethyl adjacent to an activating group) is 1. The van der Waals surface area contributed by atoms with Gasteiger partial charge in [0, 0.05) is 41.3 Å². The largest absolute Gasteiger partial charge is 0.301 e. The fourth-order valence-corrected chi connectivity index (χ4v) is 6.55. The zero-order chi connectivity index (χ0) is 18.9. The summed E-state index contributed by atoms with van der Waals surface area (Å²) < 4.78 is 0. The molecule has 2 aromatic heterocycles. The third-order valence-corrected chi connectivity index (χ3v) is 7.99. The summed E-state index contributed by atoms with van der Waals surface area (Å²) in [4.78, 5) is 19.1. The van der Waals surface area contributed by atoms with E-state index >= 15 is 0 Å². The van der Waals surface area contributed by atoms with Crippen LogP contribution in [-0.2, 0) is 19.4 Å². The van der Waals surface area contributed by atoms with Gasteiger partial charge in [0.25, 0.3) is 0 Å². The van der Waals surface area contributed by atoms with Crippen LogP contribution in [-0.4, -0.2) is 52.5 Å². The van der Waals surface area contributed by atoms with Crippen LogP contribution in [0.4, 0.5) is 0 Å². The normalized spacial score (nSPS) is 18.0. The minimum atomic E-state index is 0.860. The van der Waals surface area contributed by atoms with Gasteiger partial charge in [-0.05, 0) is 43.5 Å². The van der Waals surface area contributed by atoms with Gasteiger partial charge >= 0.3 is 0 Å². The molecule has 0 radical (unpaired) electrons. The number of aromatic nitrogens is 2. The highest BCUT2D eigenvalue weighted by Crippen LogP contribution is 2.42. The molecule has 0 bridgehead atoms. The lowest BCUT2D eigenvalue weighted by Gasteiger charge is -2.33. The van der Waals surface area contributed by atoms with Gasteiger partial charge in [0.2, 0.25) is 0 Å². The second kappa shape index (κ2) is 8.11. The number of nitrogens with zero attached hydrogens (tertiary/aromatic N) is 4.